The van der Waals surface area contributed by atoms with E-state index in [9.17, 15) is 9.90 Å². The number of nitrogens with zero attached hydrogens (tertiary/aromatic N) is 4. The molecule has 0 aromatic carbocycles. The molecular weight excluding hydrogens is 318 g/mol. The summed E-state index contributed by atoms with van der Waals surface area (Å²) in [6.07, 6.45) is 4.50. The Balaban J connectivity index is 1.52. The minimum atomic E-state index is -0.494. The number of carbonyl (C=O) groups is 1. The van der Waals surface area contributed by atoms with Crippen molar-refractivity contribution in [2.24, 2.45) is 5.92 Å². The molecule has 1 fully saturated rings. The van der Waals surface area contributed by atoms with Crippen LogP contribution in [0.4, 0.5) is 0 Å². The highest BCUT2D eigenvalue weighted by Crippen LogP contribution is 2.22. The van der Waals surface area contributed by atoms with Crippen molar-refractivity contribution >= 4 is 17.5 Å². The van der Waals surface area contributed by atoms with E-state index in [2.05, 4.69) is 20.2 Å². The van der Waals surface area contributed by atoms with Crippen molar-refractivity contribution in [3.05, 3.63) is 41.2 Å². The molecule has 0 radical (unpaired) electrons. The van der Waals surface area contributed by atoms with Gasteiger partial charge in [0.2, 0.25) is 11.2 Å². The monoisotopic (exact) mass is 335 g/mol. The third kappa shape index (κ3) is 4.05. The van der Waals surface area contributed by atoms with Crippen LogP contribution >= 0.6 is 11.6 Å². The number of likely N-dealkylation sites (tertiary alicyclic amines) is 1. The van der Waals surface area contributed by atoms with Gasteiger partial charge in [0.25, 0.3) is 0 Å². The molecule has 2 aromatic rings. The van der Waals surface area contributed by atoms with Gasteiger partial charge in [0.15, 0.2) is 0 Å². The first-order valence-corrected chi connectivity index (χ1v) is 7.91. The van der Waals surface area contributed by atoms with Crippen LogP contribution in [0.1, 0.15) is 17.8 Å². The van der Waals surface area contributed by atoms with Gasteiger partial charge in [0.1, 0.15) is 5.82 Å². The second-order valence-corrected chi connectivity index (χ2v) is 6.07. The fourth-order valence-corrected chi connectivity index (χ4v) is 2.99. The third-order valence-corrected chi connectivity index (χ3v) is 4.26. The van der Waals surface area contributed by atoms with E-state index in [4.69, 9.17) is 11.6 Å². The van der Waals surface area contributed by atoms with Crippen LogP contribution in [0.5, 0.6) is 0 Å². The molecule has 7 nitrogen and oxygen atoms in total. The lowest BCUT2D eigenvalue weighted by Crippen LogP contribution is -2.29. The van der Waals surface area contributed by atoms with E-state index in [0.717, 1.165) is 12.0 Å². The summed E-state index contributed by atoms with van der Waals surface area (Å²) in [5.74, 6) is 0.659. The van der Waals surface area contributed by atoms with Gasteiger partial charge >= 0.3 is 0 Å². The van der Waals surface area contributed by atoms with Gasteiger partial charge in [-0.3, -0.25) is 14.9 Å². The largest absolute Gasteiger partial charge is 0.391 e. The van der Waals surface area contributed by atoms with Gasteiger partial charge in [-0.1, -0.05) is 0 Å². The molecule has 1 saturated heterocycles. The van der Waals surface area contributed by atoms with E-state index in [1.165, 1.54) is 0 Å². The van der Waals surface area contributed by atoms with Crippen molar-refractivity contribution in [2.45, 2.75) is 25.4 Å². The molecule has 1 amide bonds. The maximum absolute atomic E-state index is 12.3. The molecule has 23 heavy (non-hydrogen) atoms. The number of aliphatic hydroxyl groups excluding tert-OH is 1. The number of β-amino-alcohol motifs (C(OH)–C–C–N with tert-alkyl or cyclic N) is 1. The van der Waals surface area contributed by atoms with Crippen LogP contribution in [0, 0.1) is 5.92 Å². The topological polar surface area (TPSA) is 95.0 Å². The lowest BCUT2D eigenvalue weighted by atomic mass is 9.97. The number of amides is 1. The highest BCUT2D eigenvalue weighted by atomic mass is 35.5. The number of rotatable bonds is 5. The number of aromatic nitrogens is 4. The number of nitrogens with one attached hydrogen (secondary N) is 1. The van der Waals surface area contributed by atoms with Crippen molar-refractivity contribution in [3.63, 3.8) is 0 Å². The SMILES string of the molecule is O=C(CCc1nc(Cl)n[nH]1)N1C[C@@H](Cc2ccncc2)[C@H](O)C1. The van der Waals surface area contributed by atoms with E-state index in [1.807, 2.05) is 12.1 Å². The molecule has 1 aliphatic rings. The van der Waals surface area contributed by atoms with E-state index >= 15 is 0 Å². The van der Waals surface area contributed by atoms with Crippen LogP contribution in [0.15, 0.2) is 24.5 Å². The molecule has 0 unspecified atom stereocenters. The predicted octanol–water partition coefficient (Wildman–Crippen LogP) is 0.848. The molecule has 2 N–H and O–H groups in total. The lowest BCUT2D eigenvalue weighted by Gasteiger charge is -2.15. The summed E-state index contributed by atoms with van der Waals surface area (Å²) in [6, 6.07) is 3.87. The van der Waals surface area contributed by atoms with Crippen molar-refractivity contribution in [3.8, 4) is 0 Å². The van der Waals surface area contributed by atoms with Crippen molar-refractivity contribution < 1.29 is 9.90 Å². The summed E-state index contributed by atoms with van der Waals surface area (Å²) >= 11 is 5.63. The molecule has 122 valence electrons. The number of H-pyrrole nitrogens is 1. The van der Waals surface area contributed by atoms with Gasteiger partial charge in [-0.25, -0.2) is 4.98 Å². The number of hydrogen-bond acceptors (Lipinski definition) is 5. The Bertz CT molecular complexity index is 663. The lowest BCUT2D eigenvalue weighted by molar-refractivity contribution is -0.130. The summed E-state index contributed by atoms with van der Waals surface area (Å²) in [7, 11) is 0. The quantitative estimate of drug-likeness (QED) is 0.844. The molecule has 8 heteroatoms. The summed E-state index contributed by atoms with van der Waals surface area (Å²) < 4.78 is 0. The molecule has 0 spiro atoms. The van der Waals surface area contributed by atoms with Gasteiger partial charge in [-0.15, -0.1) is 5.10 Å². The number of aryl methyl sites for hydroxylation is 1. The second kappa shape index (κ2) is 7.06. The molecule has 0 saturated carbocycles. The predicted molar refractivity (Wildman–Crippen MR) is 83.7 cm³/mol. The highest BCUT2D eigenvalue weighted by Gasteiger charge is 2.33. The Morgan fingerprint density at radius 3 is 2.87 bits per heavy atom. The maximum atomic E-state index is 12.3. The Labute approximate surface area is 138 Å². The van der Waals surface area contributed by atoms with E-state index in [-0.39, 0.29) is 17.1 Å². The van der Waals surface area contributed by atoms with Gasteiger partial charge in [-0.2, -0.15) is 0 Å². The summed E-state index contributed by atoms with van der Waals surface area (Å²) in [6.45, 7) is 0.950. The molecular formula is C15H18ClN5O2. The molecule has 2 aromatic heterocycles. The minimum absolute atomic E-state index is 0.00815. The number of carbonyl (C=O) groups excluding carboxylic acids is 1. The normalized spacial score (nSPS) is 20.9. The molecule has 2 atom stereocenters. The van der Waals surface area contributed by atoms with Gasteiger partial charge in [0, 0.05) is 44.2 Å². The second-order valence-electron chi connectivity index (χ2n) is 5.74. The Kier molecular flexibility index (Phi) is 4.88. The molecule has 3 rings (SSSR count). The first kappa shape index (κ1) is 15.9. The zero-order chi connectivity index (χ0) is 16.2. The molecule has 1 aliphatic heterocycles. The molecule has 3 heterocycles. The van der Waals surface area contributed by atoms with E-state index < -0.39 is 6.10 Å². The highest BCUT2D eigenvalue weighted by molar-refractivity contribution is 6.28. The minimum Gasteiger partial charge on any atom is -0.391 e. The van der Waals surface area contributed by atoms with Crippen molar-refractivity contribution in [1.29, 1.82) is 0 Å². The standard InChI is InChI=1S/C15H18ClN5O2/c16-15-18-13(19-20-15)1-2-14(23)21-8-11(12(22)9-21)7-10-3-5-17-6-4-10/h3-6,11-12,22H,1-2,7-9H2,(H,18,19,20)/t11-,12-/m1/s1. The number of hydrogen-bond donors (Lipinski definition) is 2. The summed E-state index contributed by atoms with van der Waals surface area (Å²) in [5, 5.41) is 16.8. The van der Waals surface area contributed by atoms with Crippen LogP contribution in [-0.4, -0.2) is 55.3 Å². The maximum Gasteiger partial charge on any atom is 0.242 e. The third-order valence-electron chi connectivity index (χ3n) is 4.09. The average Bonchev–Trinajstić information content (AvgIpc) is 3.12. The van der Waals surface area contributed by atoms with Crippen LogP contribution < -0.4 is 0 Å². The van der Waals surface area contributed by atoms with Crippen LogP contribution in [0.3, 0.4) is 0 Å². The Hall–Kier alpha value is -1.99. The van der Waals surface area contributed by atoms with Crippen LogP contribution in [0.25, 0.3) is 0 Å². The fourth-order valence-electron chi connectivity index (χ4n) is 2.85. The molecule has 0 aliphatic carbocycles. The Morgan fingerprint density at radius 2 is 2.17 bits per heavy atom. The van der Waals surface area contributed by atoms with Gasteiger partial charge in [0.05, 0.1) is 6.10 Å². The van der Waals surface area contributed by atoms with Gasteiger partial charge in [-0.05, 0) is 35.7 Å². The Morgan fingerprint density at radius 1 is 1.39 bits per heavy atom. The van der Waals surface area contributed by atoms with E-state index in [0.29, 0.717) is 31.8 Å². The zero-order valence-corrected chi connectivity index (χ0v) is 13.3. The van der Waals surface area contributed by atoms with Crippen LogP contribution in [-0.2, 0) is 17.6 Å². The van der Waals surface area contributed by atoms with Crippen molar-refractivity contribution in [1.82, 2.24) is 25.1 Å². The van der Waals surface area contributed by atoms with Crippen molar-refractivity contribution in [2.75, 3.05) is 13.1 Å². The first-order chi connectivity index (χ1) is 11.1. The summed E-state index contributed by atoms with van der Waals surface area (Å²) in [5.41, 5.74) is 1.12. The number of aromatic amines is 1. The smallest absolute Gasteiger partial charge is 0.242 e. The zero-order valence-electron chi connectivity index (χ0n) is 12.5. The first-order valence-electron chi connectivity index (χ1n) is 7.53. The average molecular weight is 336 g/mol. The number of pyridine rings is 1. The summed E-state index contributed by atoms with van der Waals surface area (Å²) in [4.78, 5) is 21.9. The van der Waals surface area contributed by atoms with Gasteiger partial charge < -0.3 is 10.0 Å². The number of halogens is 1. The van der Waals surface area contributed by atoms with E-state index in [1.54, 1.807) is 17.3 Å². The number of aliphatic hydroxyl groups is 1. The fraction of sp³-hybridized carbons (Fsp3) is 0.467. The van der Waals surface area contributed by atoms with Crippen LogP contribution in [0.2, 0.25) is 5.28 Å². The molecule has 0 bridgehead atoms.